The molecule has 38 heavy (non-hydrogen) atoms. The molecule has 0 aliphatic carbocycles. The lowest BCUT2D eigenvalue weighted by molar-refractivity contribution is 0.0809. The van der Waals surface area contributed by atoms with Crippen molar-refractivity contribution in [1.29, 1.82) is 0 Å². The lowest BCUT2D eigenvalue weighted by atomic mass is 10.1. The van der Waals surface area contributed by atoms with E-state index in [1.54, 1.807) is 13.3 Å². The zero-order valence-corrected chi connectivity index (χ0v) is 23.6. The predicted octanol–water partition coefficient (Wildman–Crippen LogP) is 3.65. The summed E-state index contributed by atoms with van der Waals surface area (Å²) in [5.74, 6) is 3.99. The van der Waals surface area contributed by atoms with E-state index in [9.17, 15) is 0 Å². The van der Waals surface area contributed by atoms with Crippen LogP contribution in [0.25, 0.3) is 22.4 Å². The molecule has 1 N–H and O–H groups in total. The average molecular weight is 540 g/mol. The molecule has 11 nitrogen and oxygen atoms in total. The molecule has 5 heterocycles. The molecule has 204 valence electrons. The minimum atomic E-state index is -0.563. The Bertz CT molecular complexity index is 1370. The van der Waals surface area contributed by atoms with Crippen molar-refractivity contribution in [3.8, 4) is 11.4 Å². The first kappa shape index (κ1) is 26.4. The number of hydrogen-bond donors (Lipinski definition) is 1. The highest BCUT2D eigenvalue weighted by molar-refractivity contribution is 8.32. The number of pyridine rings is 1. The highest BCUT2D eigenvalue weighted by Crippen LogP contribution is 2.33. The van der Waals surface area contributed by atoms with Gasteiger partial charge in [0.2, 0.25) is 5.95 Å². The first-order valence-corrected chi connectivity index (χ1v) is 15.8. The number of methoxy groups -OCH3 is 1. The van der Waals surface area contributed by atoms with Crippen LogP contribution in [-0.2, 0) is 23.3 Å². The fraction of sp³-hybridized carbons (Fsp3) is 0.500. The van der Waals surface area contributed by atoms with Crippen molar-refractivity contribution in [1.82, 2.24) is 34.3 Å². The third kappa shape index (κ3) is 6.25. The van der Waals surface area contributed by atoms with Gasteiger partial charge in [0, 0.05) is 51.5 Å². The summed E-state index contributed by atoms with van der Waals surface area (Å²) in [6.45, 7) is 2.93. The number of ether oxygens (including phenoxy) is 2. The molecule has 0 atom stereocenters. The zero-order chi connectivity index (χ0) is 26.7. The van der Waals surface area contributed by atoms with Gasteiger partial charge in [-0.2, -0.15) is 10.1 Å². The Morgan fingerprint density at radius 2 is 1.89 bits per heavy atom. The third-order valence-corrected chi connectivity index (χ3v) is 8.07. The van der Waals surface area contributed by atoms with Gasteiger partial charge in [-0.15, -0.1) is 0 Å². The zero-order valence-electron chi connectivity index (χ0n) is 22.8. The molecular weight excluding hydrogens is 502 g/mol. The second-order valence-electron chi connectivity index (χ2n) is 10.4. The molecule has 1 saturated heterocycles. The van der Waals surface area contributed by atoms with Crippen molar-refractivity contribution in [3.63, 3.8) is 0 Å². The number of imidazole rings is 1. The molecule has 0 spiro atoms. The highest BCUT2D eigenvalue weighted by Gasteiger charge is 2.21. The molecule has 4 aromatic heterocycles. The van der Waals surface area contributed by atoms with Gasteiger partial charge in [-0.3, -0.25) is 0 Å². The fourth-order valence-corrected chi connectivity index (χ4v) is 5.04. The summed E-state index contributed by atoms with van der Waals surface area (Å²) in [5, 5.41) is 7.77. The maximum atomic E-state index is 5.82. The number of piperidine rings is 1. The molecular formula is C26H37N9O2S. The van der Waals surface area contributed by atoms with Crippen LogP contribution in [0.3, 0.4) is 0 Å². The van der Waals surface area contributed by atoms with Crippen molar-refractivity contribution in [3.05, 3.63) is 36.9 Å². The number of aromatic nitrogens is 7. The molecule has 0 amide bonds. The number of nitrogens with one attached hydrogen (secondary N) is 1. The lowest BCUT2D eigenvalue weighted by Crippen LogP contribution is -2.37. The van der Waals surface area contributed by atoms with Crippen molar-refractivity contribution in [2.45, 2.75) is 25.7 Å². The molecule has 5 rings (SSSR count). The molecule has 0 aromatic carbocycles. The molecule has 0 radical (unpaired) electrons. The van der Waals surface area contributed by atoms with Crippen LogP contribution in [0.15, 0.2) is 36.9 Å². The van der Waals surface area contributed by atoms with E-state index in [0.717, 1.165) is 60.7 Å². The molecule has 4 aromatic rings. The molecule has 0 bridgehead atoms. The Morgan fingerprint density at radius 3 is 2.66 bits per heavy atom. The normalized spacial score (nSPS) is 15.3. The molecule has 1 aliphatic rings. The van der Waals surface area contributed by atoms with E-state index in [-0.39, 0.29) is 0 Å². The van der Waals surface area contributed by atoms with Crippen molar-refractivity contribution >= 4 is 38.6 Å². The van der Waals surface area contributed by atoms with Gasteiger partial charge in [-0.05, 0) is 37.7 Å². The number of nitrogens with zero attached hydrogens (tertiary/aromatic N) is 8. The summed E-state index contributed by atoms with van der Waals surface area (Å²) in [4.78, 5) is 20.9. The smallest absolute Gasteiger partial charge is 0.227 e. The van der Waals surface area contributed by atoms with Crippen LogP contribution in [0.2, 0.25) is 0 Å². The Hall–Kier alpha value is -3.22. The molecule has 1 fully saturated rings. The predicted molar refractivity (Wildman–Crippen MR) is 153 cm³/mol. The summed E-state index contributed by atoms with van der Waals surface area (Å²) in [5.41, 5.74) is 2.71. The van der Waals surface area contributed by atoms with Crippen LogP contribution in [0, 0.1) is 0 Å². The summed E-state index contributed by atoms with van der Waals surface area (Å²) in [6, 6.07) is 3.79. The first-order valence-electron chi connectivity index (χ1n) is 12.8. The molecule has 0 unspecified atom stereocenters. The Balaban J connectivity index is 1.27. The van der Waals surface area contributed by atoms with Crippen LogP contribution in [0.1, 0.15) is 12.8 Å². The van der Waals surface area contributed by atoms with E-state index in [4.69, 9.17) is 19.4 Å². The average Bonchev–Trinajstić information content (AvgIpc) is 3.50. The molecule has 1 aliphatic heterocycles. The Labute approximate surface area is 224 Å². The van der Waals surface area contributed by atoms with E-state index < -0.39 is 10.0 Å². The molecule has 0 saturated carbocycles. The Kier molecular flexibility index (Phi) is 7.82. The first-order chi connectivity index (χ1) is 18.3. The summed E-state index contributed by atoms with van der Waals surface area (Å²) >= 11 is 0. The molecule has 12 heteroatoms. The topological polar surface area (TPSA) is 108 Å². The largest absolute Gasteiger partial charge is 0.381 e. The number of hydrogen-bond acceptors (Lipinski definition) is 9. The Morgan fingerprint density at radius 1 is 1.08 bits per heavy atom. The van der Waals surface area contributed by atoms with Crippen LogP contribution < -0.4 is 10.2 Å². The monoisotopic (exact) mass is 539 g/mol. The second kappa shape index (κ2) is 11.3. The van der Waals surface area contributed by atoms with E-state index in [0.29, 0.717) is 30.4 Å². The van der Waals surface area contributed by atoms with Crippen LogP contribution in [0.5, 0.6) is 0 Å². The van der Waals surface area contributed by atoms with E-state index in [1.165, 1.54) is 0 Å². The van der Waals surface area contributed by atoms with Crippen molar-refractivity contribution in [2.75, 3.05) is 61.5 Å². The van der Waals surface area contributed by atoms with Crippen LogP contribution in [-0.4, -0.2) is 91.7 Å². The third-order valence-electron chi connectivity index (χ3n) is 6.68. The number of fused-ring (bicyclic) bond motifs is 1. The van der Waals surface area contributed by atoms with Crippen LogP contribution >= 0.6 is 10.0 Å². The van der Waals surface area contributed by atoms with Gasteiger partial charge in [-0.25, -0.2) is 29.7 Å². The van der Waals surface area contributed by atoms with Crippen molar-refractivity contribution < 1.29 is 9.47 Å². The standard InChI is InChI=1S/C26H37N9O2S/c1-33-22-16-28-24(31-23-6-9-27-26(32-23)34-10-7-20(36-2)8-11-34)14-21(22)30-25(33)19-15-29-35(17-19)18-37-12-13-38(3,4)5/h6,9,14-17,20H,7-8,10-13,18H2,1-5H3,(H,27,28,31,32). The van der Waals surface area contributed by atoms with Gasteiger partial charge in [0.1, 0.15) is 24.2 Å². The number of aryl methyl sites for hydroxylation is 1. The minimum absolute atomic E-state index is 0.314. The summed E-state index contributed by atoms with van der Waals surface area (Å²) < 4.78 is 15.1. The number of rotatable bonds is 10. The van der Waals surface area contributed by atoms with Gasteiger partial charge in [0.15, 0.2) is 0 Å². The SMILES string of the molecule is COC1CCN(c2nccc(Nc3cc4nc(-c5cnn(COCCS(C)(C)C)c5)n(C)c4cn3)n2)CC1. The van der Waals surface area contributed by atoms with Gasteiger partial charge >= 0.3 is 0 Å². The van der Waals surface area contributed by atoms with Gasteiger partial charge in [0.05, 0.1) is 41.7 Å². The number of anilines is 3. The second-order valence-corrected chi connectivity index (χ2v) is 15.0. The maximum absolute atomic E-state index is 5.82. The fourth-order valence-electron chi connectivity index (χ4n) is 4.43. The van der Waals surface area contributed by atoms with Crippen LogP contribution in [0.4, 0.5) is 17.6 Å². The summed E-state index contributed by atoms with van der Waals surface area (Å²) in [6.07, 6.45) is 16.5. The highest BCUT2D eigenvalue weighted by atomic mass is 32.3. The van der Waals surface area contributed by atoms with E-state index in [1.807, 2.05) is 47.0 Å². The van der Waals surface area contributed by atoms with Gasteiger partial charge in [-0.1, -0.05) is 0 Å². The minimum Gasteiger partial charge on any atom is -0.381 e. The lowest BCUT2D eigenvalue weighted by Gasteiger charge is -2.31. The van der Waals surface area contributed by atoms with E-state index >= 15 is 0 Å². The van der Waals surface area contributed by atoms with E-state index in [2.05, 4.69) is 44.1 Å². The van der Waals surface area contributed by atoms with Gasteiger partial charge < -0.3 is 24.3 Å². The summed E-state index contributed by atoms with van der Waals surface area (Å²) in [7, 11) is 3.20. The van der Waals surface area contributed by atoms with Crippen molar-refractivity contribution in [2.24, 2.45) is 7.05 Å². The maximum Gasteiger partial charge on any atom is 0.227 e. The van der Waals surface area contributed by atoms with Gasteiger partial charge in [0.25, 0.3) is 0 Å². The quantitative estimate of drug-likeness (QED) is 0.302.